The molecule has 0 spiro atoms. The van der Waals surface area contributed by atoms with E-state index in [0.29, 0.717) is 11.9 Å². The Hall–Kier alpha value is -1.03. The van der Waals surface area contributed by atoms with E-state index in [4.69, 9.17) is 5.73 Å². The molecule has 0 saturated carbocycles. The molecule has 0 saturated heterocycles. The summed E-state index contributed by atoms with van der Waals surface area (Å²) in [6, 6.07) is 2.39. The number of anilines is 1. The summed E-state index contributed by atoms with van der Waals surface area (Å²) >= 11 is 0. The fraction of sp³-hybridized carbons (Fsp3) is 0.667. The summed E-state index contributed by atoms with van der Waals surface area (Å²) < 4.78 is 1.87. The number of nitrogen functional groups attached to an aromatic ring is 1. The Morgan fingerprint density at radius 2 is 2.31 bits per heavy atom. The molecule has 0 aliphatic carbocycles. The van der Waals surface area contributed by atoms with Gasteiger partial charge in [-0.2, -0.15) is 5.10 Å². The highest BCUT2D eigenvalue weighted by molar-refractivity contribution is 5.23. The molecule has 74 valence electrons. The molecular formula is C9H18N4. The van der Waals surface area contributed by atoms with E-state index in [1.807, 2.05) is 16.9 Å². The predicted octanol–water partition coefficient (Wildman–Crippen LogP) is 0.805. The average Bonchev–Trinajstić information content (AvgIpc) is 2.47. The molecule has 4 nitrogen and oxygen atoms in total. The van der Waals surface area contributed by atoms with E-state index in [1.54, 1.807) is 0 Å². The molecule has 4 heteroatoms. The second-order valence-electron chi connectivity index (χ2n) is 3.58. The predicted molar refractivity (Wildman–Crippen MR) is 54.4 cm³/mol. The van der Waals surface area contributed by atoms with Crippen LogP contribution in [0.25, 0.3) is 0 Å². The summed E-state index contributed by atoms with van der Waals surface area (Å²) in [6.07, 6.45) is 1.91. The minimum absolute atomic E-state index is 0.577. The van der Waals surface area contributed by atoms with Crippen molar-refractivity contribution in [1.82, 2.24) is 14.7 Å². The number of nitrogens with two attached hydrogens (primary N) is 1. The molecule has 13 heavy (non-hydrogen) atoms. The smallest absolute Gasteiger partial charge is 0.145 e. The maximum atomic E-state index is 5.50. The van der Waals surface area contributed by atoms with Gasteiger partial charge in [0.2, 0.25) is 0 Å². The van der Waals surface area contributed by atoms with Gasteiger partial charge >= 0.3 is 0 Å². The molecule has 0 aliphatic rings. The third-order valence-corrected chi connectivity index (χ3v) is 2.22. The summed E-state index contributed by atoms with van der Waals surface area (Å²) in [5.74, 6) is 0.590. The molecule has 2 N–H and O–H groups in total. The zero-order valence-electron chi connectivity index (χ0n) is 8.57. The van der Waals surface area contributed by atoms with E-state index in [0.717, 1.165) is 13.1 Å². The number of likely N-dealkylation sites (N-methyl/N-ethyl adjacent to an activating group) is 1. The highest BCUT2D eigenvalue weighted by Crippen LogP contribution is 1.98. The average molecular weight is 182 g/mol. The zero-order valence-corrected chi connectivity index (χ0v) is 8.57. The van der Waals surface area contributed by atoms with Gasteiger partial charge in [-0.05, 0) is 27.0 Å². The molecule has 0 radical (unpaired) electrons. The van der Waals surface area contributed by atoms with Crippen LogP contribution in [0.1, 0.15) is 13.8 Å². The van der Waals surface area contributed by atoms with Crippen molar-refractivity contribution in [2.75, 3.05) is 19.3 Å². The number of hydrogen-bond acceptors (Lipinski definition) is 3. The fourth-order valence-electron chi connectivity index (χ4n) is 1.02. The first-order valence-electron chi connectivity index (χ1n) is 4.59. The first-order valence-corrected chi connectivity index (χ1v) is 4.59. The number of nitrogens with zero attached hydrogens (tertiary/aromatic N) is 3. The quantitative estimate of drug-likeness (QED) is 0.749. The maximum Gasteiger partial charge on any atom is 0.145 e. The monoisotopic (exact) mass is 182 g/mol. The molecule has 0 bridgehead atoms. The van der Waals surface area contributed by atoms with E-state index in [2.05, 4.69) is 30.9 Å². The Morgan fingerprint density at radius 3 is 2.77 bits per heavy atom. The van der Waals surface area contributed by atoms with Crippen LogP contribution in [0.4, 0.5) is 5.82 Å². The molecule has 1 heterocycles. The van der Waals surface area contributed by atoms with Gasteiger partial charge in [-0.1, -0.05) is 0 Å². The Kier molecular flexibility index (Phi) is 3.31. The lowest BCUT2D eigenvalue weighted by Gasteiger charge is -2.20. The first-order chi connectivity index (χ1) is 6.09. The van der Waals surface area contributed by atoms with Crippen molar-refractivity contribution in [2.24, 2.45) is 0 Å². The van der Waals surface area contributed by atoms with Gasteiger partial charge in [-0.15, -0.1) is 0 Å². The second-order valence-corrected chi connectivity index (χ2v) is 3.58. The van der Waals surface area contributed by atoms with Gasteiger partial charge in [0.05, 0.1) is 6.54 Å². The van der Waals surface area contributed by atoms with Crippen LogP contribution >= 0.6 is 0 Å². The molecule has 1 aromatic heterocycles. The third-order valence-electron chi connectivity index (χ3n) is 2.22. The standard InChI is InChI=1S/C9H18N4/c1-8(2)12(3)6-7-13-5-4-9(10)11-13/h4-5,8H,6-7H2,1-3H3,(H2,10,11). The lowest BCUT2D eigenvalue weighted by atomic mass is 10.3. The highest BCUT2D eigenvalue weighted by atomic mass is 15.3. The number of aromatic nitrogens is 2. The van der Waals surface area contributed by atoms with Crippen LogP contribution in [0.15, 0.2) is 12.3 Å². The van der Waals surface area contributed by atoms with E-state index >= 15 is 0 Å². The van der Waals surface area contributed by atoms with Gasteiger partial charge in [0.1, 0.15) is 5.82 Å². The van der Waals surface area contributed by atoms with Gasteiger partial charge in [0, 0.05) is 18.8 Å². The summed E-state index contributed by atoms with van der Waals surface area (Å²) in [5, 5.41) is 4.11. The third kappa shape index (κ3) is 3.06. The van der Waals surface area contributed by atoms with Crippen LogP contribution in [0.3, 0.4) is 0 Å². The summed E-state index contributed by atoms with van der Waals surface area (Å²) in [4.78, 5) is 2.28. The number of hydrogen-bond donors (Lipinski definition) is 1. The van der Waals surface area contributed by atoms with Crippen LogP contribution < -0.4 is 5.73 Å². The van der Waals surface area contributed by atoms with E-state index in [-0.39, 0.29) is 0 Å². The molecule has 1 rings (SSSR count). The Labute approximate surface area is 79.3 Å². The van der Waals surface area contributed by atoms with Crippen molar-refractivity contribution in [3.05, 3.63) is 12.3 Å². The van der Waals surface area contributed by atoms with Gasteiger partial charge in [-0.3, -0.25) is 4.68 Å². The largest absolute Gasteiger partial charge is 0.382 e. The van der Waals surface area contributed by atoms with Crippen molar-refractivity contribution in [3.8, 4) is 0 Å². The molecule has 0 aliphatic heterocycles. The maximum absolute atomic E-state index is 5.50. The fourth-order valence-corrected chi connectivity index (χ4v) is 1.02. The van der Waals surface area contributed by atoms with Crippen LogP contribution in [-0.2, 0) is 6.54 Å². The van der Waals surface area contributed by atoms with Gasteiger partial charge in [0.15, 0.2) is 0 Å². The molecule has 0 unspecified atom stereocenters. The molecule has 1 aromatic rings. The van der Waals surface area contributed by atoms with Crippen molar-refractivity contribution in [2.45, 2.75) is 26.4 Å². The minimum atomic E-state index is 0.577. The Balaban J connectivity index is 2.35. The van der Waals surface area contributed by atoms with Gasteiger partial charge in [-0.25, -0.2) is 0 Å². The first kappa shape index (κ1) is 10.1. The summed E-state index contributed by atoms with van der Waals surface area (Å²) in [6.45, 7) is 6.25. The van der Waals surface area contributed by atoms with Gasteiger partial charge < -0.3 is 10.6 Å². The summed E-state index contributed by atoms with van der Waals surface area (Å²) in [7, 11) is 2.11. The second kappa shape index (κ2) is 4.28. The molecule has 0 aromatic carbocycles. The molecular weight excluding hydrogens is 164 g/mol. The molecule has 0 fully saturated rings. The van der Waals surface area contributed by atoms with Crippen molar-refractivity contribution in [3.63, 3.8) is 0 Å². The van der Waals surface area contributed by atoms with Crippen LogP contribution in [0.5, 0.6) is 0 Å². The topological polar surface area (TPSA) is 47.1 Å². The van der Waals surface area contributed by atoms with E-state index in [1.165, 1.54) is 0 Å². The SMILES string of the molecule is CC(C)N(C)CCn1ccc(N)n1. The van der Waals surface area contributed by atoms with Crippen LogP contribution in [0, 0.1) is 0 Å². The Morgan fingerprint density at radius 1 is 1.62 bits per heavy atom. The highest BCUT2D eigenvalue weighted by Gasteiger charge is 2.02. The van der Waals surface area contributed by atoms with Crippen molar-refractivity contribution in [1.29, 1.82) is 0 Å². The zero-order chi connectivity index (χ0) is 9.84. The Bertz CT molecular complexity index is 254. The van der Waals surface area contributed by atoms with Gasteiger partial charge in [0.25, 0.3) is 0 Å². The minimum Gasteiger partial charge on any atom is -0.382 e. The van der Waals surface area contributed by atoms with E-state index in [9.17, 15) is 0 Å². The summed E-state index contributed by atoms with van der Waals surface area (Å²) in [5.41, 5.74) is 5.50. The number of rotatable bonds is 4. The lowest BCUT2D eigenvalue weighted by molar-refractivity contribution is 0.259. The normalized spacial score (nSPS) is 11.5. The van der Waals surface area contributed by atoms with Crippen LogP contribution in [0.2, 0.25) is 0 Å². The molecule has 0 amide bonds. The van der Waals surface area contributed by atoms with Crippen LogP contribution in [-0.4, -0.2) is 34.3 Å². The van der Waals surface area contributed by atoms with Crippen molar-refractivity contribution >= 4 is 5.82 Å². The molecule has 0 atom stereocenters. The van der Waals surface area contributed by atoms with Crippen molar-refractivity contribution < 1.29 is 0 Å². The van der Waals surface area contributed by atoms with E-state index < -0.39 is 0 Å². The lowest BCUT2D eigenvalue weighted by Crippen LogP contribution is -2.29.